The van der Waals surface area contributed by atoms with Gasteiger partial charge < -0.3 is 10.3 Å². The monoisotopic (exact) mass is 323 g/mol. The topological polar surface area (TPSA) is 82.8 Å². The SMILES string of the molecule is Cc1cccc(-n2ncc(-c3nc(C4(N)CCCC4)no3)c2C)c1. The van der Waals surface area contributed by atoms with Crippen LogP contribution >= 0.6 is 0 Å². The highest BCUT2D eigenvalue weighted by molar-refractivity contribution is 5.57. The summed E-state index contributed by atoms with van der Waals surface area (Å²) in [5.74, 6) is 1.09. The first kappa shape index (κ1) is 15.1. The zero-order valence-electron chi connectivity index (χ0n) is 14.0. The van der Waals surface area contributed by atoms with Crippen molar-refractivity contribution in [3.05, 3.63) is 47.5 Å². The Morgan fingerprint density at radius 3 is 2.75 bits per heavy atom. The lowest BCUT2D eigenvalue weighted by molar-refractivity contribution is 0.372. The average Bonchev–Trinajstić information content (AvgIpc) is 3.27. The molecule has 0 spiro atoms. The van der Waals surface area contributed by atoms with E-state index in [0.717, 1.165) is 42.6 Å². The molecule has 1 aromatic carbocycles. The lowest BCUT2D eigenvalue weighted by atomic mass is 9.99. The van der Waals surface area contributed by atoms with Gasteiger partial charge in [-0.3, -0.25) is 0 Å². The predicted molar refractivity (Wildman–Crippen MR) is 90.7 cm³/mol. The van der Waals surface area contributed by atoms with Gasteiger partial charge in [-0.25, -0.2) is 4.68 Å². The van der Waals surface area contributed by atoms with Gasteiger partial charge in [0.1, 0.15) is 0 Å². The van der Waals surface area contributed by atoms with E-state index in [1.54, 1.807) is 6.20 Å². The van der Waals surface area contributed by atoms with Crippen molar-refractivity contribution in [1.29, 1.82) is 0 Å². The normalized spacial score (nSPS) is 16.6. The Bertz CT molecular complexity index is 873. The molecule has 1 aliphatic rings. The van der Waals surface area contributed by atoms with E-state index in [9.17, 15) is 0 Å². The molecule has 2 aromatic heterocycles. The molecule has 1 saturated carbocycles. The summed E-state index contributed by atoms with van der Waals surface area (Å²) in [6.07, 6.45) is 5.82. The minimum atomic E-state index is -0.442. The van der Waals surface area contributed by atoms with E-state index < -0.39 is 5.54 Å². The van der Waals surface area contributed by atoms with Gasteiger partial charge in [-0.05, 0) is 44.4 Å². The molecule has 0 amide bonds. The maximum atomic E-state index is 6.42. The molecule has 4 rings (SSSR count). The molecule has 6 heteroatoms. The van der Waals surface area contributed by atoms with Crippen molar-refractivity contribution in [2.45, 2.75) is 45.1 Å². The third-order valence-electron chi connectivity index (χ3n) is 4.85. The number of rotatable bonds is 3. The van der Waals surface area contributed by atoms with Crippen LogP contribution in [0, 0.1) is 13.8 Å². The van der Waals surface area contributed by atoms with Crippen LogP contribution in [0.4, 0.5) is 0 Å². The van der Waals surface area contributed by atoms with E-state index in [2.05, 4.69) is 34.3 Å². The first-order chi connectivity index (χ1) is 11.6. The standard InChI is InChI=1S/C18H21N5O/c1-12-6-5-7-14(10-12)23-13(2)15(11-20-23)16-21-17(22-24-16)18(19)8-3-4-9-18/h5-7,10-11H,3-4,8-9,19H2,1-2H3. The molecular weight excluding hydrogens is 302 g/mol. The van der Waals surface area contributed by atoms with Crippen LogP contribution < -0.4 is 5.73 Å². The average molecular weight is 323 g/mol. The Hall–Kier alpha value is -2.47. The summed E-state index contributed by atoms with van der Waals surface area (Å²) in [5.41, 5.74) is 9.99. The van der Waals surface area contributed by atoms with Crippen LogP contribution in [0.3, 0.4) is 0 Å². The van der Waals surface area contributed by atoms with Crippen molar-refractivity contribution in [3.63, 3.8) is 0 Å². The van der Waals surface area contributed by atoms with Gasteiger partial charge in [0, 0.05) is 0 Å². The second kappa shape index (κ2) is 5.56. The van der Waals surface area contributed by atoms with Crippen molar-refractivity contribution in [1.82, 2.24) is 19.9 Å². The van der Waals surface area contributed by atoms with Gasteiger partial charge in [0.05, 0.1) is 28.7 Å². The van der Waals surface area contributed by atoms with Crippen LogP contribution in [0.2, 0.25) is 0 Å². The predicted octanol–water partition coefficient (Wildman–Crippen LogP) is 3.27. The maximum absolute atomic E-state index is 6.42. The number of benzene rings is 1. The third kappa shape index (κ3) is 2.43. The summed E-state index contributed by atoms with van der Waals surface area (Å²) >= 11 is 0. The minimum Gasteiger partial charge on any atom is -0.334 e. The lowest BCUT2D eigenvalue weighted by Crippen LogP contribution is -2.34. The van der Waals surface area contributed by atoms with Crippen molar-refractivity contribution in [2.75, 3.05) is 0 Å². The van der Waals surface area contributed by atoms with Gasteiger partial charge in [0.2, 0.25) is 0 Å². The molecule has 1 aliphatic carbocycles. The summed E-state index contributed by atoms with van der Waals surface area (Å²) in [4.78, 5) is 4.56. The van der Waals surface area contributed by atoms with Crippen molar-refractivity contribution in [2.24, 2.45) is 5.73 Å². The smallest absolute Gasteiger partial charge is 0.261 e. The zero-order chi connectivity index (χ0) is 16.7. The van der Waals surface area contributed by atoms with E-state index in [1.165, 1.54) is 5.56 Å². The number of nitrogens with two attached hydrogens (primary N) is 1. The molecule has 1 fully saturated rings. The molecule has 0 atom stereocenters. The second-order valence-corrected chi connectivity index (χ2v) is 6.68. The van der Waals surface area contributed by atoms with Gasteiger partial charge in [0.15, 0.2) is 5.82 Å². The first-order valence-electron chi connectivity index (χ1n) is 8.32. The molecule has 24 heavy (non-hydrogen) atoms. The summed E-state index contributed by atoms with van der Waals surface area (Å²) in [6.45, 7) is 4.07. The lowest BCUT2D eigenvalue weighted by Gasteiger charge is -2.17. The molecule has 0 radical (unpaired) electrons. The number of nitrogens with zero attached hydrogens (tertiary/aromatic N) is 4. The molecule has 0 unspecified atom stereocenters. The molecule has 6 nitrogen and oxygen atoms in total. The molecule has 0 saturated heterocycles. The minimum absolute atomic E-state index is 0.442. The Morgan fingerprint density at radius 1 is 1.21 bits per heavy atom. The molecule has 3 aromatic rings. The highest BCUT2D eigenvalue weighted by atomic mass is 16.5. The van der Waals surface area contributed by atoms with E-state index in [-0.39, 0.29) is 0 Å². The van der Waals surface area contributed by atoms with Gasteiger partial charge in [-0.2, -0.15) is 10.1 Å². The molecule has 2 N–H and O–H groups in total. The molecule has 0 aliphatic heterocycles. The Kier molecular flexibility index (Phi) is 3.49. The number of aryl methyl sites for hydroxylation is 1. The fourth-order valence-electron chi connectivity index (χ4n) is 3.40. The van der Waals surface area contributed by atoms with Gasteiger partial charge >= 0.3 is 0 Å². The van der Waals surface area contributed by atoms with Crippen molar-refractivity contribution < 1.29 is 4.52 Å². The highest BCUT2D eigenvalue weighted by Gasteiger charge is 2.36. The van der Waals surface area contributed by atoms with Crippen molar-refractivity contribution in [3.8, 4) is 17.1 Å². The maximum Gasteiger partial charge on any atom is 0.261 e. The zero-order valence-corrected chi connectivity index (χ0v) is 14.0. The van der Waals surface area contributed by atoms with Crippen LogP contribution in [0.5, 0.6) is 0 Å². The molecular formula is C18H21N5O. The summed E-state index contributed by atoms with van der Waals surface area (Å²) < 4.78 is 7.38. The summed E-state index contributed by atoms with van der Waals surface area (Å²) in [6, 6.07) is 8.21. The van der Waals surface area contributed by atoms with Gasteiger partial charge in [-0.1, -0.05) is 30.1 Å². The number of hydrogen-bond donors (Lipinski definition) is 1. The third-order valence-corrected chi connectivity index (χ3v) is 4.85. The van der Waals surface area contributed by atoms with Crippen LogP contribution in [0.1, 0.15) is 42.8 Å². The van der Waals surface area contributed by atoms with Crippen LogP contribution in [0.15, 0.2) is 35.0 Å². The molecule has 124 valence electrons. The van der Waals surface area contributed by atoms with E-state index >= 15 is 0 Å². The van der Waals surface area contributed by atoms with Crippen LogP contribution in [-0.4, -0.2) is 19.9 Å². The van der Waals surface area contributed by atoms with E-state index in [1.807, 2.05) is 23.7 Å². The summed E-state index contributed by atoms with van der Waals surface area (Å²) in [7, 11) is 0. The quantitative estimate of drug-likeness (QED) is 0.800. The van der Waals surface area contributed by atoms with Crippen LogP contribution in [-0.2, 0) is 5.54 Å². The largest absolute Gasteiger partial charge is 0.334 e. The van der Waals surface area contributed by atoms with E-state index in [4.69, 9.17) is 10.3 Å². The Balaban J connectivity index is 1.70. The number of aromatic nitrogens is 4. The Labute approximate surface area is 140 Å². The van der Waals surface area contributed by atoms with Crippen LogP contribution in [0.25, 0.3) is 17.1 Å². The molecule has 0 bridgehead atoms. The Morgan fingerprint density at radius 2 is 2.00 bits per heavy atom. The number of hydrogen-bond acceptors (Lipinski definition) is 5. The second-order valence-electron chi connectivity index (χ2n) is 6.68. The fourth-order valence-corrected chi connectivity index (χ4v) is 3.40. The van der Waals surface area contributed by atoms with Crippen molar-refractivity contribution >= 4 is 0 Å². The summed E-state index contributed by atoms with van der Waals surface area (Å²) in [5, 5.41) is 8.62. The molecule has 2 heterocycles. The first-order valence-corrected chi connectivity index (χ1v) is 8.32. The van der Waals surface area contributed by atoms with Gasteiger partial charge in [0.25, 0.3) is 5.89 Å². The van der Waals surface area contributed by atoms with E-state index in [0.29, 0.717) is 11.7 Å². The fraction of sp³-hybridized carbons (Fsp3) is 0.389. The highest BCUT2D eigenvalue weighted by Crippen LogP contribution is 2.35. The van der Waals surface area contributed by atoms with Gasteiger partial charge in [-0.15, -0.1) is 0 Å².